The van der Waals surface area contributed by atoms with E-state index >= 15 is 0 Å². The lowest BCUT2D eigenvalue weighted by molar-refractivity contribution is -0.116. The van der Waals surface area contributed by atoms with Crippen LogP contribution in [0.25, 0.3) is 11.0 Å². The molecule has 0 saturated carbocycles. The van der Waals surface area contributed by atoms with Crippen LogP contribution in [0.4, 0.5) is 5.82 Å². The first-order valence-electron chi connectivity index (χ1n) is 9.58. The molecule has 1 N–H and O–H groups in total. The van der Waals surface area contributed by atoms with E-state index in [2.05, 4.69) is 15.4 Å². The number of sulfone groups is 1. The third-order valence-corrected chi connectivity index (χ3v) is 6.40. The van der Waals surface area contributed by atoms with Gasteiger partial charge in [0.1, 0.15) is 23.9 Å². The quantitative estimate of drug-likeness (QED) is 0.424. The summed E-state index contributed by atoms with van der Waals surface area (Å²) >= 11 is 12.4. The third-order valence-electron chi connectivity index (χ3n) is 4.76. The molecule has 1 amide bonds. The van der Waals surface area contributed by atoms with Gasteiger partial charge in [-0.25, -0.2) is 18.1 Å². The Bertz CT molecular complexity index is 1410. The van der Waals surface area contributed by atoms with Gasteiger partial charge >= 0.3 is 0 Å². The molecule has 0 bridgehead atoms. The SMILES string of the molecule is CS(=O)(=O)Cc1nc2ccccc2n1CC(=O)Nc1ccnn1Cc1cccc(Cl)c1Cl. The summed E-state index contributed by atoms with van der Waals surface area (Å²) in [6.45, 7) is 0.212. The average Bonchev–Trinajstić information content (AvgIpc) is 3.29. The summed E-state index contributed by atoms with van der Waals surface area (Å²) in [5.41, 5.74) is 2.06. The Morgan fingerprint density at radius 2 is 1.88 bits per heavy atom. The largest absolute Gasteiger partial charge is 0.318 e. The van der Waals surface area contributed by atoms with Gasteiger partial charge in [-0.15, -0.1) is 0 Å². The van der Waals surface area contributed by atoms with Crippen LogP contribution in [0.3, 0.4) is 0 Å². The molecule has 11 heteroatoms. The number of nitrogens with one attached hydrogen (secondary N) is 1. The number of anilines is 1. The topological polar surface area (TPSA) is 98.9 Å². The fourth-order valence-corrected chi connectivity index (χ4v) is 4.44. The smallest absolute Gasteiger partial charge is 0.245 e. The zero-order chi connectivity index (χ0) is 22.9. The predicted octanol–water partition coefficient (Wildman–Crippen LogP) is 3.77. The minimum atomic E-state index is -3.33. The number of hydrogen-bond donors (Lipinski definition) is 1. The number of para-hydroxylation sites is 2. The Morgan fingerprint density at radius 3 is 2.66 bits per heavy atom. The Hall–Kier alpha value is -2.88. The Morgan fingerprint density at radius 1 is 1.09 bits per heavy atom. The first kappa shape index (κ1) is 22.3. The van der Waals surface area contributed by atoms with Gasteiger partial charge in [0.25, 0.3) is 0 Å². The molecule has 2 aromatic carbocycles. The van der Waals surface area contributed by atoms with E-state index in [0.717, 1.165) is 11.8 Å². The summed E-state index contributed by atoms with van der Waals surface area (Å²) in [6.07, 6.45) is 2.70. The van der Waals surface area contributed by atoms with Gasteiger partial charge in [-0.3, -0.25) is 4.79 Å². The van der Waals surface area contributed by atoms with Crippen molar-refractivity contribution in [2.45, 2.75) is 18.8 Å². The minimum absolute atomic E-state index is 0.103. The molecular weight excluding hydrogens is 473 g/mol. The van der Waals surface area contributed by atoms with Crippen molar-refractivity contribution in [1.29, 1.82) is 0 Å². The van der Waals surface area contributed by atoms with Crippen LogP contribution in [-0.2, 0) is 33.5 Å². The molecule has 166 valence electrons. The molecule has 0 fully saturated rings. The first-order chi connectivity index (χ1) is 15.2. The molecule has 4 aromatic rings. The summed E-state index contributed by atoms with van der Waals surface area (Å²) in [6, 6.07) is 14.2. The van der Waals surface area contributed by atoms with Crippen molar-refractivity contribution in [3.63, 3.8) is 0 Å². The lowest BCUT2D eigenvalue weighted by Gasteiger charge is -2.12. The second-order valence-electron chi connectivity index (χ2n) is 7.31. The molecule has 0 aliphatic carbocycles. The first-order valence-corrected chi connectivity index (χ1v) is 12.4. The molecule has 0 aliphatic heterocycles. The van der Waals surface area contributed by atoms with Gasteiger partial charge < -0.3 is 9.88 Å². The maximum atomic E-state index is 12.9. The number of nitrogens with zero attached hydrogens (tertiary/aromatic N) is 4. The number of benzene rings is 2. The van der Waals surface area contributed by atoms with Crippen LogP contribution in [0.5, 0.6) is 0 Å². The van der Waals surface area contributed by atoms with Crippen LogP contribution in [0.15, 0.2) is 54.7 Å². The Labute approximate surface area is 194 Å². The number of hydrogen-bond acceptors (Lipinski definition) is 5. The van der Waals surface area contributed by atoms with E-state index in [9.17, 15) is 13.2 Å². The molecule has 2 heterocycles. The highest BCUT2D eigenvalue weighted by atomic mass is 35.5. The molecule has 0 saturated heterocycles. The number of imidazole rings is 1. The maximum absolute atomic E-state index is 12.9. The van der Waals surface area contributed by atoms with E-state index in [-0.39, 0.29) is 18.2 Å². The third kappa shape index (κ3) is 4.95. The molecule has 0 unspecified atom stereocenters. The van der Waals surface area contributed by atoms with Gasteiger partial charge in [0, 0.05) is 12.3 Å². The number of aromatic nitrogens is 4. The van der Waals surface area contributed by atoms with Crippen LogP contribution < -0.4 is 5.32 Å². The summed E-state index contributed by atoms with van der Waals surface area (Å²) < 4.78 is 26.9. The normalized spacial score (nSPS) is 11.7. The van der Waals surface area contributed by atoms with E-state index in [0.29, 0.717) is 39.3 Å². The lowest BCUT2D eigenvalue weighted by Crippen LogP contribution is -2.23. The Balaban J connectivity index is 1.57. The van der Waals surface area contributed by atoms with Crippen molar-refractivity contribution in [3.8, 4) is 0 Å². The van der Waals surface area contributed by atoms with Crippen molar-refractivity contribution in [2.75, 3.05) is 11.6 Å². The van der Waals surface area contributed by atoms with E-state index < -0.39 is 9.84 Å². The van der Waals surface area contributed by atoms with Crippen LogP contribution in [0.2, 0.25) is 10.0 Å². The standard InChI is InChI=1S/C21H19Cl2N5O3S/c1-32(30,31)13-19-25-16-7-2-3-8-17(16)27(19)12-20(29)26-18-9-10-24-28(18)11-14-5-4-6-15(22)21(14)23/h2-10H,11-13H2,1H3,(H,26,29). The number of amides is 1. The van der Waals surface area contributed by atoms with Crippen LogP contribution >= 0.6 is 23.2 Å². The fourth-order valence-electron chi connectivity index (χ4n) is 3.37. The maximum Gasteiger partial charge on any atom is 0.245 e. The number of rotatable bonds is 7. The molecular formula is C21H19Cl2N5O3S. The van der Waals surface area contributed by atoms with Gasteiger partial charge in [0.15, 0.2) is 9.84 Å². The van der Waals surface area contributed by atoms with E-state index in [1.807, 2.05) is 18.2 Å². The molecule has 0 radical (unpaired) electrons. The van der Waals surface area contributed by atoms with Gasteiger partial charge in [-0.05, 0) is 23.8 Å². The van der Waals surface area contributed by atoms with Crippen LogP contribution in [0, 0.1) is 0 Å². The second kappa shape index (κ2) is 8.93. The number of carbonyl (C=O) groups is 1. The highest BCUT2D eigenvalue weighted by Crippen LogP contribution is 2.26. The zero-order valence-electron chi connectivity index (χ0n) is 17.0. The van der Waals surface area contributed by atoms with Crippen molar-refractivity contribution < 1.29 is 13.2 Å². The summed E-state index contributed by atoms with van der Waals surface area (Å²) in [4.78, 5) is 17.3. The second-order valence-corrected chi connectivity index (χ2v) is 10.2. The van der Waals surface area contributed by atoms with Gasteiger partial charge in [-0.2, -0.15) is 5.10 Å². The van der Waals surface area contributed by atoms with Crippen molar-refractivity contribution in [1.82, 2.24) is 19.3 Å². The van der Waals surface area contributed by atoms with E-state index in [1.54, 1.807) is 45.8 Å². The molecule has 32 heavy (non-hydrogen) atoms. The molecule has 4 rings (SSSR count). The molecule has 8 nitrogen and oxygen atoms in total. The number of fused-ring (bicyclic) bond motifs is 1. The van der Waals surface area contributed by atoms with Crippen molar-refractivity contribution in [2.24, 2.45) is 0 Å². The highest BCUT2D eigenvalue weighted by molar-refractivity contribution is 7.89. The fraction of sp³-hybridized carbons (Fsp3) is 0.190. The number of carbonyl (C=O) groups excluding carboxylic acids is 1. The van der Waals surface area contributed by atoms with Crippen molar-refractivity contribution in [3.05, 3.63) is 76.2 Å². The summed E-state index contributed by atoms with van der Waals surface area (Å²) in [7, 11) is -3.33. The number of halogens is 2. The van der Waals surface area contributed by atoms with Gasteiger partial charge in [0.2, 0.25) is 5.91 Å². The summed E-state index contributed by atoms with van der Waals surface area (Å²) in [5, 5.41) is 7.94. The minimum Gasteiger partial charge on any atom is -0.318 e. The lowest BCUT2D eigenvalue weighted by atomic mass is 10.2. The average molecular weight is 492 g/mol. The molecule has 2 aromatic heterocycles. The van der Waals surface area contributed by atoms with Crippen molar-refractivity contribution >= 4 is 55.8 Å². The van der Waals surface area contributed by atoms with Crippen LogP contribution in [-0.4, -0.2) is 39.9 Å². The highest BCUT2D eigenvalue weighted by Gasteiger charge is 2.18. The summed E-state index contributed by atoms with van der Waals surface area (Å²) in [5.74, 6) is 0.171. The molecule has 0 aliphatic rings. The zero-order valence-corrected chi connectivity index (χ0v) is 19.3. The predicted molar refractivity (Wildman–Crippen MR) is 125 cm³/mol. The van der Waals surface area contributed by atoms with E-state index in [4.69, 9.17) is 23.2 Å². The van der Waals surface area contributed by atoms with Crippen LogP contribution in [0.1, 0.15) is 11.4 Å². The molecule has 0 spiro atoms. The van der Waals surface area contributed by atoms with E-state index in [1.165, 1.54) is 0 Å². The van der Waals surface area contributed by atoms with Gasteiger partial charge in [0.05, 0.1) is 33.8 Å². The Kier molecular flexibility index (Phi) is 6.23. The molecule has 0 atom stereocenters. The van der Waals surface area contributed by atoms with Gasteiger partial charge in [-0.1, -0.05) is 47.5 Å². The monoisotopic (exact) mass is 491 g/mol.